The summed E-state index contributed by atoms with van der Waals surface area (Å²) in [4.78, 5) is 43.2. The first kappa shape index (κ1) is 39.4. The number of pyridine rings is 3. The van der Waals surface area contributed by atoms with Crippen molar-refractivity contribution in [1.29, 1.82) is 10.5 Å². The van der Waals surface area contributed by atoms with Crippen molar-refractivity contribution in [3.05, 3.63) is 65.9 Å². The van der Waals surface area contributed by atoms with Gasteiger partial charge in [0.2, 0.25) is 11.8 Å². The van der Waals surface area contributed by atoms with E-state index in [1.54, 1.807) is 47.0 Å². The standard InChI is InChI=1S/C42H49N15O2/c1-25(17-43)49-33-16-37(57-40-31(19-48-57)15-30(18-44)39(45)51-40)47-21-35(33)56-24-34(52-53-56)29-7-5-28(6-8-29)12-14-55-26(2)22-54(23-27(55)3)36-10-9-32(20-46-36)42(4)13-11-38(58)50-41(42)59/h9-10,15-16,19-21,24-29H,5-8,11-14,22-23H2,1-4H3,(H2,45,51)(H,47,49)(H,50,58,59)/t25-,26+,27+,28?,29?,42-/m1/s1. The molecule has 2 aliphatic heterocycles. The molecule has 8 rings (SSSR count). The first-order valence-electron chi connectivity index (χ1n) is 20.4. The van der Waals surface area contributed by atoms with Gasteiger partial charge < -0.3 is 16.0 Å². The third-order valence-electron chi connectivity index (χ3n) is 12.6. The molecule has 17 nitrogen and oxygen atoms in total. The summed E-state index contributed by atoms with van der Waals surface area (Å²) < 4.78 is 3.27. The Kier molecular flexibility index (Phi) is 10.7. The molecule has 2 amide bonds. The summed E-state index contributed by atoms with van der Waals surface area (Å²) >= 11 is 0. The lowest BCUT2D eigenvalue weighted by molar-refractivity contribution is -0.137. The molecular formula is C42H49N15O2. The Hall–Kier alpha value is -6.46. The maximum Gasteiger partial charge on any atom is 0.236 e. The minimum absolute atomic E-state index is 0.111. The lowest BCUT2D eigenvalue weighted by Crippen LogP contribution is -2.57. The van der Waals surface area contributed by atoms with Crippen molar-refractivity contribution < 1.29 is 9.59 Å². The van der Waals surface area contributed by atoms with E-state index >= 15 is 0 Å². The number of imide groups is 1. The first-order valence-corrected chi connectivity index (χ1v) is 20.4. The maximum atomic E-state index is 12.7. The fourth-order valence-electron chi connectivity index (χ4n) is 8.97. The summed E-state index contributed by atoms with van der Waals surface area (Å²) in [5.74, 6) is 1.98. The largest absolute Gasteiger partial charge is 0.383 e. The molecule has 0 radical (unpaired) electrons. The van der Waals surface area contributed by atoms with Gasteiger partial charge in [0, 0.05) is 55.2 Å². The van der Waals surface area contributed by atoms with E-state index in [4.69, 9.17) is 10.7 Å². The monoisotopic (exact) mass is 795 g/mol. The summed E-state index contributed by atoms with van der Waals surface area (Å²) in [7, 11) is 0. The molecule has 1 aliphatic carbocycles. The quantitative estimate of drug-likeness (QED) is 0.165. The summed E-state index contributed by atoms with van der Waals surface area (Å²) in [5, 5.41) is 39.0. The van der Waals surface area contributed by atoms with Gasteiger partial charge in [-0.3, -0.25) is 19.8 Å². The predicted molar refractivity (Wildman–Crippen MR) is 221 cm³/mol. The minimum Gasteiger partial charge on any atom is -0.383 e. The van der Waals surface area contributed by atoms with Gasteiger partial charge in [-0.25, -0.2) is 19.6 Å². The molecule has 4 atom stereocenters. The number of aromatic nitrogens is 8. The van der Waals surface area contributed by atoms with Crippen molar-refractivity contribution >= 4 is 40.2 Å². The summed E-state index contributed by atoms with van der Waals surface area (Å²) in [6.07, 6.45) is 13.4. The van der Waals surface area contributed by atoms with Crippen LogP contribution in [-0.2, 0) is 15.0 Å². The van der Waals surface area contributed by atoms with Crippen LogP contribution in [0.25, 0.3) is 22.5 Å². The number of amides is 2. The number of hydrogen-bond acceptors (Lipinski definition) is 14. The van der Waals surface area contributed by atoms with E-state index in [0.29, 0.717) is 65.0 Å². The Morgan fingerprint density at radius 3 is 2.49 bits per heavy atom. The highest BCUT2D eigenvalue weighted by Crippen LogP contribution is 2.38. The molecule has 59 heavy (non-hydrogen) atoms. The van der Waals surface area contributed by atoms with Crippen LogP contribution in [-0.4, -0.2) is 94.2 Å². The highest BCUT2D eigenvalue weighted by molar-refractivity contribution is 6.03. The highest BCUT2D eigenvalue weighted by Gasteiger charge is 2.40. The number of nitrogen functional groups attached to an aromatic ring is 1. The number of fused-ring (bicyclic) bond motifs is 1. The summed E-state index contributed by atoms with van der Waals surface area (Å²) in [5.41, 5.74) is 9.07. The van der Waals surface area contributed by atoms with Crippen LogP contribution in [0.2, 0.25) is 0 Å². The van der Waals surface area contributed by atoms with Crippen LogP contribution in [0.5, 0.6) is 0 Å². The Bertz CT molecular complexity index is 2440. The van der Waals surface area contributed by atoms with Crippen LogP contribution in [0.3, 0.4) is 0 Å². The van der Waals surface area contributed by atoms with Gasteiger partial charge in [-0.2, -0.15) is 20.3 Å². The van der Waals surface area contributed by atoms with Gasteiger partial charge in [0.15, 0.2) is 11.5 Å². The van der Waals surface area contributed by atoms with Crippen molar-refractivity contribution in [1.82, 2.24) is 49.9 Å². The number of nitrogens with two attached hydrogens (primary N) is 1. The van der Waals surface area contributed by atoms with Crippen molar-refractivity contribution in [2.75, 3.05) is 35.6 Å². The highest BCUT2D eigenvalue weighted by atomic mass is 16.2. The van der Waals surface area contributed by atoms with E-state index in [-0.39, 0.29) is 23.2 Å². The molecule has 3 fully saturated rings. The van der Waals surface area contributed by atoms with E-state index < -0.39 is 11.5 Å². The van der Waals surface area contributed by atoms with Crippen molar-refractivity contribution in [2.24, 2.45) is 5.92 Å². The third-order valence-corrected chi connectivity index (χ3v) is 12.6. The maximum absolute atomic E-state index is 12.7. The van der Waals surface area contributed by atoms with Gasteiger partial charge in [-0.1, -0.05) is 11.3 Å². The zero-order chi connectivity index (χ0) is 41.4. The molecule has 17 heteroatoms. The fraction of sp³-hybridized carbons (Fsp3) is 0.476. The van der Waals surface area contributed by atoms with Gasteiger partial charge >= 0.3 is 0 Å². The Balaban J connectivity index is 0.869. The molecule has 1 saturated carbocycles. The average molecular weight is 796 g/mol. The van der Waals surface area contributed by atoms with Crippen LogP contribution in [0.15, 0.2) is 49.1 Å². The lowest BCUT2D eigenvalue weighted by atomic mass is 9.76. The second-order valence-electron chi connectivity index (χ2n) is 16.6. The van der Waals surface area contributed by atoms with E-state index in [2.05, 4.69) is 65.7 Å². The number of anilines is 3. The molecule has 0 aromatic carbocycles. The zero-order valence-corrected chi connectivity index (χ0v) is 33.8. The number of nitrogens with zero attached hydrogens (tertiary/aromatic N) is 12. The second kappa shape index (κ2) is 16.1. The van der Waals surface area contributed by atoms with E-state index in [1.807, 2.05) is 31.3 Å². The molecule has 2 saturated heterocycles. The number of nitrogens with one attached hydrogen (secondary N) is 2. The summed E-state index contributed by atoms with van der Waals surface area (Å²) in [6.45, 7) is 11.1. The minimum atomic E-state index is -0.749. The second-order valence-corrected chi connectivity index (χ2v) is 16.6. The normalized spacial score (nSPS) is 24.3. The number of piperazine rings is 1. The van der Waals surface area contributed by atoms with Gasteiger partial charge in [-0.15, -0.1) is 5.10 Å². The van der Waals surface area contributed by atoms with Gasteiger partial charge in [0.05, 0.1) is 47.0 Å². The fourth-order valence-corrected chi connectivity index (χ4v) is 8.97. The van der Waals surface area contributed by atoms with Crippen molar-refractivity contribution in [3.8, 4) is 23.6 Å². The smallest absolute Gasteiger partial charge is 0.236 e. The van der Waals surface area contributed by atoms with E-state index in [9.17, 15) is 20.1 Å². The number of piperidine rings is 1. The number of rotatable bonds is 10. The van der Waals surface area contributed by atoms with Gasteiger partial charge in [-0.05, 0) is 96.4 Å². The molecular weight excluding hydrogens is 747 g/mol. The van der Waals surface area contributed by atoms with Crippen molar-refractivity contribution in [2.45, 2.75) is 102 Å². The Morgan fingerprint density at radius 1 is 1.03 bits per heavy atom. The van der Waals surface area contributed by atoms with Crippen LogP contribution >= 0.6 is 0 Å². The first-order chi connectivity index (χ1) is 28.4. The third kappa shape index (κ3) is 7.78. The molecule has 4 N–H and O–H groups in total. The molecule has 3 aliphatic rings. The molecule has 304 valence electrons. The lowest BCUT2D eigenvalue weighted by Gasteiger charge is -2.45. The molecule has 0 bridgehead atoms. The van der Waals surface area contributed by atoms with E-state index in [1.165, 1.54) is 0 Å². The number of hydrogen-bond donors (Lipinski definition) is 3. The molecule has 5 aromatic heterocycles. The Labute approximate surface area is 342 Å². The molecule has 5 aromatic rings. The predicted octanol–water partition coefficient (Wildman–Crippen LogP) is 4.53. The number of carbonyl (C=O) groups is 2. The average Bonchev–Trinajstić information content (AvgIpc) is 3.89. The summed E-state index contributed by atoms with van der Waals surface area (Å²) in [6, 6.07) is 12.0. The zero-order valence-electron chi connectivity index (χ0n) is 33.8. The Morgan fingerprint density at radius 2 is 1.80 bits per heavy atom. The van der Waals surface area contributed by atoms with E-state index in [0.717, 1.165) is 68.8 Å². The topological polar surface area (TPSA) is 225 Å². The van der Waals surface area contributed by atoms with Gasteiger partial charge in [0.25, 0.3) is 0 Å². The molecule has 0 spiro atoms. The number of carbonyl (C=O) groups excluding carboxylic acids is 2. The SMILES string of the molecule is C[C@H](C#N)Nc1cc(-n2ncc3cc(C#N)c(N)nc32)ncc1-n1cc(C2CCC(CCN3[C@@H](C)CN(c4ccc([C@@]5(C)CCC(=O)NC5=O)cn4)C[C@@H]3C)CC2)nn1. The van der Waals surface area contributed by atoms with Crippen LogP contribution in [0.1, 0.15) is 95.4 Å². The molecule has 7 heterocycles. The van der Waals surface area contributed by atoms with Crippen molar-refractivity contribution in [3.63, 3.8) is 0 Å². The van der Waals surface area contributed by atoms with Crippen LogP contribution in [0.4, 0.5) is 17.3 Å². The number of nitriles is 2. The van der Waals surface area contributed by atoms with Crippen LogP contribution < -0.4 is 21.3 Å². The van der Waals surface area contributed by atoms with Crippen LogP contribution in [0, 0.1) is 28.6 Å². The molecule has 0 unspecified atom stereocenters. The van der Waals surface area contributed by atoms with Gasteiger partial charge in [0.1, 0.15) is 29.4 Å².